The van der Waals surface area contributed by atoms with E-state index in [1.165, 1.54) is 0 Å². The zero-order chi connectivity index (χ0) is 23.1. The lowest BCUT2D eigenvalue weighted by atomic mass is 9.98. The quantitative estimate of drug-likeness (QED) is 0.448. The number of carbonyl (C=O) groups is 2. The first-order valence-electron chi connectivity index (χ1n) is 10.7. The van der Waals surface area contributed by atoms with Gasteiger partial charge in [-0.2, -0.15) is 0 Å². The molecule has 166 valence electrons. The maximum atomic E-state index is 13.1. The molecule has 32 heavy (non-hydrogen) atoms. The summed E-state index contributed by atoms with van der Waals surface area (Å²) in [5.41, 5.74) is 5.24. The molecular weight excluding hydrogens is 402 g/mol. The Hall–Kier alpha value is -3.60. The molecule has 0 atom stereocenters. The van der Waals surface area contributed by atoms with Crippen LogP contribution in [-0.4, -0.2) is 24.6 Å². The third kappa shape index (κ3) is 6.20. The summed E-state index contributed by atoms with van der Waals surface area (Å²) in [6.07, 6.45) is -0.0224. The first-order valence-corrected chi connectivity index (χ1v) is 10.7. The molecule has 0 fully saturated rings. The van der Waals surface area contributed by atoms with Gasteiger partial charge in [0, 0.05) is 5.56 Å². The SMILES string of the molecule is Cc1cccc(-c2ccc(C)c(C(=O)Nc3ccccc3OCCC(=O)OC(C)C)c2)c1. The molecule has 3 aromatic rings. The monoisotopic (exact) mass is 431 g/mol. The summed E-state index contributed by atoms with van der Waals surface area (Å²) in [5, 5.41) is 2.95. The van der Waals surface area contributed by atoms with Crippen molar-refractivity contribution in [2.75, 3.05) is 11.9 Å². The van der Waals surface area contributed by atoms with E-state index < -0.39 is 0 Å². The molecule has 0 bridgehead atoms. The second-order valence-electron chi connectivity index (χ2n) is 7.99. The Balaban J connectivity index is 1.74. The van der Waals surface area contributed by atoms with Gasteiger partial charge in [0.05, 0.1) is 24.8 Å². The van der Waals surface area contributed by atoms with Gasteiger partial charge in [0.1, 0.15) is 5.75 Å². The van der Waals surface area contributed by atoms with E-state index >= 15 is 0 Å². The molecule has 5 heteroatoms. The molecule has 0 heterocycles. The third-order valence-corrected chi connectivity index (χ3v) is 4.90. The van der Waals surface area contributed by atoms with Gasteiger partial charge < -0.3 is 14.8 Å². The van der Waals surface area contributed by atoms with E-state index in [0.29, 0.717) is 17.0 Å². The van der Waals surface area contributed by atoms with E-state index in [9.17, 15) is 9.59 Å². The Bertz CT molecular complexity index is 1100. The van der Waals surface area contributed by atoms with Crippen molar-refractivity contribution in [2.24, 2.45) is 0 Å². The molecule has 5 nitrogen and oxygen atoms in total. The lowest BCUT2D eigenvalue weighted by Gasteiger charge is -2.14. The minimum atomic E-state index is -0.315. The summed E-state index contributed by atoms with van der Waals surface area (Å²) in [7, 11) is 0. The Kier molecular flexibility index (Phi) is 7.66. The van der Waals surface area contributed by atoms with Crippen molar-refractivity contribution in [3.05, 3.63) is 83.4 Å². The molecule has 3 rings (SSSR count). The van der Waals surface area contributed by atoms with Gasteiger partial charge in [0.25, 0.3) is 5.91 Å². The number of carbonyl (C=O) groups excluding carboxylic acids is 2. The standard InChI is InChI=1S/C27H29NO4/c1-18(2)32-26(29)14-15-31-25-11-6-5-10-24(25)28-27(30)23-17-22(13-12-20(23)4)21-9-7-8-19(3)16-21/h5-13,16-18H,14-15H2,1-4H3,(H,28,30). The Morgan fingerprint density at radius 3 is 2.41 bits per heavy atom. The molecular formula is C27H29NO4. The number of hydrogen-bond donors (Lipinski definition) is 1. The minimum Gasteiger partial charge on any atom is -0.491 e. The van der Waals surface area contributed by atoms with Gasteiger partial charge in [0.15, 0.2) is 0 Å². The summed E-state index contributed by atoms with van der Waals surface area (Å²) in [5.74, 6) is -0.0249. The van der Waals surface area contributed by atoms with Crippen LogP contribution in [0.1, 0.15) is 41.8 Å². The largest absolute Gasteiger partial charge is 0.491 e. The van der Waals surface area contributed by atoms with Crippen molar-refractivity contribution in [3.63, 3.8) is 0 Å². The van der Waals surface area contributed by atoms with E-state index in [-0.39, 0.29) is 31.0 Å². The van der Waals surface area contributed by atoms with Crippen LogP contribution in [0, 0.1) is 13.8 Å². The number of benzene rings is 3. The molecule has 0 aliphatic heterocycles. The number of aryl methyl sites for hydroxylation is 2. The summed E-state index contributed by atoms with van der Waals surface area (Å²) in [4.78, 5) is 24.8. The molecule has 0 spiro atoms. The van der Waals surface area contributed by atoms with Crippen LogP contribution in [0.3, 0.4) is 0 Å². The number of nitrogens with one attached hydrogen (secondary N) is 1. The predicted molar refractivity (Wildman–Crippen MR) is 127 cm³/mol. The van der Waals surface area contributed by atoms with E-state index in [0.717, 1.165) is 22.3 Å². The van der Waals surface area contributed by atoms with E-state index in [1.54, 1.807) is 26.0 Å². The van der Waals surface area contributed by atoms with Crippen LogP contribution in [0.2, 0.25) is 0 Å². The zero-order valence-corrected chi connectivity index (χ0v) is 19.0. The maximum Gasteiger partial charge on any atom is 0.309 e. The molecule has 1 N–H and O–H groups in total. The summed E-state index contributed by atoms with van der Waals surface area (Å²) >= 11 is 0. The molecule has 0 aliphatic rings. The van der Waals surface area contributed by atoms with Crippen LogP contribution >= 0.6 is 0 Å². The van der Waals surface area contributed by atoms with Gasteiger partial charge in [-0.15, -0.1) is 0 Å². The Labute approximate surface area is 189 Å². The zero-order valence-electron chi connectivity index (χ0n) is 19.0. The van der Waals surface area contributed by atoms with Gasteiger partial charge in [-0.25, -0.2) is 0 Å². The van der Waals surface area contributed by atoms with Gasteiger partial charge in [0.2, 0.25) is 0 Å². The summed E-state index contributed by atoms with van der Waals surface area (Å²) in [6.45, 7) is 7.74. The number of anilines is 1. The summed E-state index contributed by atoms with van der Waals surface area (Å²) < 4.78 is 10.9. The number of ether oxygens (including phenoxy) is 2. The van der Waals surface area contributed by atoms with Crippen molar-refractivity contribution in [3.8, 4) is 16.9 Å². The fourth-order valence-electron chi connectivity index (χ4n) is 3.32. The lowest BCUT2D eigenvalue weighted by molar-refractivity contribution is -0.147. The highest BCUT2D eigenvalue weighted by molar-refractivity contribution is 6.06. The highest BCUT2D eigenvalue weighted by Crippen LogP contribution is 2.27. The van der Waals surface area contributed by atoms with Crippen LogP contribution in [0.5, 0.6) is 5.75 Å². The first-order chi connectivity index (χ1) is 15.3. The number of hydrogen-bond acceptors (Lipinski definition) is 4. The van der Waals surface area contributed by atoms with Gasteiger partial charge in [-0.1, -0.05) is 54.1 Å². The maximum absolute atomic E-state index is 13.1. The molecule has 0 saturated heterocycles. The average molecular weight is 432 g/mol. The average Bonchev–Trinajstić information content (AvgIpc) is 2.74. The number of rotatable bonds is 8. The van der Waals surface area contributed by atoms with Crippen molar-refractivity contribution >= 4 is 17.6 Å². The van der Waals surface area contributed by atoms with Crippen molar-refractivity contribution < 1.29 is 19.1 Å². The van der Waals surface area contributed by atoms with E-state index in [1.807, 2.05) is 62.4 Å². The molecule has 1 amide bonds. The predicted octanol–water partition coefficient (Wildman–Crippen LogP) is 5.94. The lowest BCUT2D eigenvalue weighted by Crippen LogP contribution is -2.16. The Morgan fingerprint density at radius 2 is 1.66 bits per heavy atom. The van der Waals surface area contributed by atoms with Crippen LogP contribution in [0.15, 0.2) is 66.7 Å². The normalized spacial score (nSPS) is 10.7. The molecule has 0 saturated carbocycles. The van der Waals surface area contributed by atoms with Crippen molar-refractivity contribution in [1.29, 1.82) is 0 Å². The number of amides is 1. The number of esters is 1. The summed E-state index contributed by atoms with van der Waals surface area (Å²) in [6, 6.07) is 21.3. The van der Waals surface area contributed by atoms with Crippen LogP contribution < -0.4 is 10.1 Å². The van der Waals surface area contributed by atoms with Crippen molar-refractivity contribution in [1.82, 2.24) is 0 Å². The molecule has 0 radical (unpaired) electrons. The van der Waals surface area contributed by atoms with Gasteiger partial charge in [-0.3, -0.25) is 9.59 Å². The van der Waals surface area contributed by atoms with Gasteiger partial charge >= 0.3 is 5.97 Å². The number of para-hydroxylation sites is 2. The smallest absolute Gasteiger partial charge is 0.309 e. The minimum absolute atomic E-state index is 0.137. The highest BCUT2D eigenvalue weighted by Gasteiger charge is 2.14. The van der Waals surface area contributed by atoms with Crippen LogP contribution in [-0.2, 0) is 9.53 Å². The van der Waals surface area contributed by atoms with E-state index in [2.05, 4.69) is 11.4 Å². The third-order valence-electron chi connectivity index (χ3n) is 4.90. The Morgan fingerprint density at radius 1 is 0.906 bits per heavy atom. The topological polar surface area (TPSA) is 64.6 Å². The molecule has 3 aromatic carbocycles. The molecule has 0 aliphatic carbocycles. The van der Waals surface area contributed by atoms with E-state index in [4.69, 9.17) is 9.47 Å². The van der Waals surface area contributed by atoms with Gasteiger partial charge in [-0.05, 0) is 62.6 Å². The molecule has 0 aromatic heterocycles. The van der Waals surface area contributed by atoms with Crippen LogP contribution in [0.4, 0.5) is 5.69 Å². The molecule has 0 unspecified atom stereocenters. The van der Waals surface area contributed by atoms with Crippen molar-refractivity contribution in [2.45, 2.75) is 40.2 Å². The first kappa shape index (κ1) is 23.1. The fraction of sp³-hybridized carbons (Fsp3) is 0.259. The highest BCUT2D eigenvalue weighted by atomic mass is 16.5. The second-order valence-corrected chi connectivity index (χ2v) is 7.99. The van der Waals surface area contributed by atoms with Crippen LogP contribution in [0.25, 0.3) is 11.1 Å². The fourth-order valence-corrected chi connectivity index (χ4v) is 3.32. The second kappa shape index (κ2) is 10.6.